The van der Waals surface area contributed by atoms with Gasteiger partial charge in [-0.3, -0.25) is 9.48 Å². The van der Waals surface area contributed by atoms with Gasteiger partial charge in [-0.15, -0.1) is 0 Å². The standard InChI is InChI=1S/C15H19BrN4O/c1-10(3-4-11-5-7-12(16)8-6-11)19-15(21)13-9-18-20(2)14(13)17/h5-10H,3-4,17H2,1-2H3,(H,19,21)/t10-/m0/s1. The molecule has 112 valence electrons. The van der Waals surface area contributed by atoms with Crippen molar-refractivity contribution in [2.24, 2.45) is 7.05 Å². The lowest BCUT2D eigenvalue weighted by atomic mass is 10.1. The van der Waals surface area contributed by atoms with Crippen molar-refractivity contribution in [3.05, 3.63) is 46.1 Å². The Morgan fingerprint density at radius 2 is 2.10 bits per heavy atom. The van der Waals surface area contributed by atoms with Gasteiger partial charge in [0.25, 0.3) is 5.91 Å². The number of aromatic nitrogens is 2. The predicted octanol–water partition coefficient (Wildman–Crippen LogP) is 2.52. The number of carbonyl (C=O) groups excluding carboxylic acids is 1. The first kappa shape index (κ1) is 15.6. The molecule has 1 atom stereocenters. The number of carbonyl (C=O) groups is 1. The predicted molar refractivity (Wildman–Crippen MR) is 87.0 cm³/mol. The molecule has 2 aromatic rings. The Bertz CT molecular complexity index is 621. The summed E-state index contributed by atoms with van der Waals surface area (Å²) >= 11 is 3.42. The molecule has 6 heteroatoms. The number of hydrogen-bond acceptors (Lipinski definition) is 3. The minimum atomic E-state index is -0.177. The Morgan fingerprint density at radius 1 is 1.43 bits per heavy atom. The first-order valence-electron chi connectivity index (χ1n) is 6.80. The third-order valence-electron chi connectivity index (χ3n) is 3.39. The van der Waals surface area contributed by atoms with Gasteiger partial charge in [0.1, 0.15) is 11.4 Å². The molecule has 1 aromatic heterocycles. The Balaban J connectivity index is 1.87. The van der Waals surface area contributed by atoms with E-state index in [-0.39, 0.29) is 11.9 Å². The molecule has 21 heavy (non-hydrogen) atoms. The van der Waals surface area contributed by atoms with Crippen molar-refractivity contribution >= 4 is 27.7 Å². The van der Waals surface area contributed by atoms with Gasteiger partial charge in [0.05, 0.1) is 6.20 Å². The summed E-state index contributed by atoms with van der Waals surface area (Å²) < 4.78 is 2.56. The summed E-state index contributed by atoms with van der Waals surface area (Å²) in [5.74, 6) is 0.205. The van der Waals surface area contributed by atoms with Gasteiger partial charge >= 0.3 is 0 Å². The molecule has 2 rings (SSSR count). The summed E-state index contributed by atoms with van der Waals surface area (Å²) in [7, 11) is 1.71. The molecule has 0 radical (unpaired) electrons. The van der Waals surface area contributed by atoms with Crippen LogP contribution in [-0.2, 0) is 13.5 Å². The van der Waals surface area contributed by atoms with E-state index in [0.29, 0.717) is 11.4 Å². The summed E-state index contributed by atoms with van der Waals surface area (Å²) in [5.41, 5.74) is 7.47. The third kappa shape index (κ3) is 4.07. The summed E-state index contributed by atoms with van der Waals surface area (Å²) in [5, 5.41) is 6.92. The van der Waals surface area contributed by atoms with Gasteiger partial charge < -0.3 is 11.1 Å². The highest BCUT2D eigenvalue weighted by Gasteiger charge is 2.15. The fourth-order valence-electron chi connectivity index (χ4n) is 2.03. The van der Waals surface area contributed by atoms with Crippen molar-refractivity contribution in [2.75, 3.05) is 5.73 Å². The topological polar surface area (TPSA) is 72.9 Å². The zero-order chi connectivity index (χ0) is 15.4. The quantitative estimate of drug-likeness (QED) is 0.869. The number of amides is 1. The Morgan fingerprint density at radius 3 is 2.67 bits per heavy atom. The number of aryl methyl sites for hydroxylation is 2. The van der Waals surface area contributed by atoms with Crippen LogP contribution in [-0.4, -0.2) is 21.7 Å². The highest BCUT2D eigenvalue weighted by Crippen LogP contribution is 2.13. The first-order valence-corrected chi connectivity index (χ1v) is 7.59. The van der Waals surface area contributed by atoms with Crippen LogP contribution in [0.1, 0.15) is 29.3 Å². The number of rotatable bonds is 5. The highest BCUT2D eigenvalue weighted by atomic mass is 79.9. The molecular formula is C15H19BrN4O. The smallest absolute Gasteiger partial charge is 0.256 e. The molecular weight excluding hydrogens is 332 g/mol. The number of nitrogen functional groups attached to an aromatic ring is 1. The maximum absolute atomic E-state index is 12.1. The molecule has 0 fully saturated rings. The van der Waals surface area contributed by atoms with E-state index in [1.165, 1.54) is 16.4 Å². The fourth-order valence-corrected chi connectivity index (χ4v) is 2.29. The fraction of sp³-hybridized carbons (Fsp3) is 0.333. The number of hydrogen-bond donors (Lipinski definition) is 2. The van der Waals surface area contributed by atoms with E-state index in [0.717, 1.165) is 17.3 Å². The number of benzene rings is 1. The minimum absolute atomic E-state index is 0.0701. The van der Waals surface area contributed by atoms with Gasteiger partial charge in [0, 0.05) is 17.6 Å². The molecule has 1 amide bonds. The maximum atomic E-state index is 12.1. The highest BCUT2D eigenvalue weighted by molar-refractivity contribution is 9.10. The van der Waals surface area contributed by atoms with Crippen LogP contribution >= 0.6 is 15.9 Å². The largest absolute Gasteiger partial charge is 0.383 e. The Kier molecular flexibility index (Phi) is 5.01. The van der Waals surface area contributed by atoms with E-state index in [1.54, 1.807) is 7.05 Å². The zero-order valence-electron chi connectivity index (χ0n) is 12.1. The molecule has 0 saturated carbocycles. The summed E-state index contributed by atoms with van der Waals surface area (Å²) in [4.78, 5) is 12.1. The van der Waals surface area contributed by atoms with Gasteiger partial charge in [-0.25, -0.2) is 0 Å². The van der Waals surface area contributed by atoms with Crippen molar-refractivity contribution in [3.8, 4) is 0 Å². The molecule has 0 spiro atoms. The summed E-state index contributed by atoms with van der Waals surface area (Å²) in [6, 6.07) is 8.28. The number of nitrogens with zero attached hydrogens (tertiary/aromatic N) is 2. The lowest BCUT2D eigenvalue weighted by molar-refractivity contribution is 0.0939. The molecule has 5 nitrogen and oxygen atoms in total. The second-order valence-electron chi connectivity index (χ2n) is 5.11. The molecule has 3 N–H and O–H groups in total. The second kappa shape index (κ2) is 6.76. The third-order valence-corrected chi connectivity index (χ3v) is 3.91. The molecule has 0 unspecified atom stereocenters. The van der Waals surface area contributed by atoms with Crippen LogP contribution in [0, 0.1) is 0 Å². The molecule has 0 bridgehead atoms. The van der Waals surface area contributed by atoms with Crippen LogP contribution in [0.2, 0.25) is 0 Å². The van der Waals surface area contributed by atoms with Crippen LogP contribution in [0.15, 0.2) is 34.9 Å². The minimum Gasteiger partial charge on any atom is -0.383 e. The summed E-state index contributed by atoms with van der Waals surface area (Å²) in [6.45, 7) is 1.99. The molecule has 1 aromatic carbocycles. The number of halogens is 1. The van der Waals surface area contributed by atoms with Crippen LogP contribution in [0.3, 0.4) is 0 Å². The Labute approximate surface area is 132 Å². The molecule has 0 aliphatic rings. The average molecular weight is 351 g/mol. The van der Waals surface area contributed by atoms with E-state index < -0.39 is 0 Å². The normalized spacial score (nSPS) is 12.1. The summed E-state index contributed by atoms with van der Waals surface area (Å²) in [6.07, 6.45) is 3.27. The van der Waals surface area contributed by atoms with E-state index in [9.17, 15) is 4.79 Å². The van der Waals surface area contributed by atoms with Gasteiger partial charge in [0.2, 0.25) is 0 Å². The molecule has 1 heterocycles. The average Bonchev–Trinajstić information content (AvgIpc) is 2.78. The van der Waals surface area contributed by atoms with Crippen molar-refractivity contribution in [1.82, 2.24) is 15.1 Å². The van der Waals surface area contributed by atoms with Crippen LogP contribution in [0.4, 0.5) is 5.82 Å². The maximum Gasteiger partial charge on any atom is 0.256 e. The zero-order valence-corrected chi connectivity index (χ0v) is 13.7. The van der Waals surface area contributed by atoms with Gasteiger partial charge in [-0.2, -0.15) is 5.10 Å². The lowest BCUT2D eigenvalue weighted by Crippen LogP contribution is -2.33. The van der Waals surface area contributed by atoms with E-state index in [1.807, 2.05) is 19.1 Å². The van der Waals surface area contributed by atoms with E-state index in [4.69, 9.17) is 5.73 Å². The second-order valence-corrected chi connectivity index (χ2v) is 6.02. The monoisotopic (exact) mass is 350 g/mol. The van der Waals surface area contributed by atoms with Crippen LogP contribution in [0.25, 0.3) is 0 Å². The van der Waals surface area contributed by atoms with Gasteiger partial charge in [-0.1, -0.05) is 28.1 Å². The number of nitrogens with two attached hydrogens (primary N) is 1. The Hall–Kier alpha value is -1.82. The van der Waals surface area contributed by atoms with Crippen molar-refractivity contribution in [3.63, 3.8) is 0 Å². The van der Waals surface area contributed by atoms with E-state index >= 15 is 0 Å². The van der Waals surface area contributed by atoms with Gasteiger partial charge in [-0.05, 0) is 37.5 Å². The molecule has 0 aliphatic carbocycles. The van der Waals surface area contributed by atoms with Crippen LogP contribution in [0.5, 0.6) is 0 Å². The van der Waals surface area contributed by atoms with Crippen LogP contribution < -0.4 is 11.1 Å². The molecule has 0 aliphatic heterocycles. The lowest BCUT2D eigenvalue weighted by Gasteiger charge is -2.13. The van der Waals surface area contributed by atoms with Crippen molar-refractivity contribution in [1.29, 1.82) is 0 Å². The van der Waals surface area contributed by atoms with Crippen molar-refractivity contribution < 1.29 is 4.79 Å². The first-order chi connectivity index (χ1) is 9.97. The van der Waals surface area contributed by atoms with E-state index in [2.05, 4.69) is 38.5 Å². The number of anilines is 1. The van der Waals surface area contributed by atoms with Crippen molar-refractivity contribution in [2.45, 2.75) is 25.8 Å². The van der Waals surface area contributed by atoms with Gasteiger partial charge in [0.15, 0.2) is 0 Å². The SMILES string of the molecule is C[C@@H](CCc1ccc(Br)cc1)NC(=O)c1cnn(C)c1N. The molecule has 0 saturated heterocycles. The number of nitrogens with one attached hydrogen (secondary N) is 1.